The van der Waals surface area contributed by atoms with Gasteiger partial charge in [-0.05, 0) is 13.3 Å². The van der Waals surface area contributed by atoms with E-state index in [0.717, 1.165) is 12.8 Å². The molecule has 0 aliphatic heterocycles. The standard InChI is InChI=1S/C12H24N2O4/c1-4-5-10(2)13-11(15)8-14(6-7-18-3)9-12(16)17/h10H,4-9H2,1-3H3,(H,13,15)(H,16,17). The van der Waals surface area contributed by atoms with Crippen LogP contribution >= 0.6 is 0 Å². The van der Waals surface area contributed by atoms with Crippen molar-refractivity contribution in [3.05, 3.63) is 0 Å². The van der Waals surface area contributed by atoms with Gasteiger partial charge in [-0.3, -0.25) is 14.5 Å². The molecule has 1 atom stereocenters. The summed E-state index contributed by atoms with van der Waals surface area (Å²) in [6, 6.07) is 0.122. The van der Waals surface area contributed by atoms with Gasteiger partial charge in [0.05, 0.1) is 19.7 Å². The summed E-state index contributed by atoms with van der Waals surface area (Å²) < 4.78 is 4.89. The predicted molar refractivity (Wildman–Crippen MR) is 68.5 cm³/mol. The lowest BCUT2D eigenvalue weighted by molar-refractivity contribution is -0.138. The van der Waals surface area contributed by atoms with Crippen LogP contribution in [0, 0.1) is 0 Å². The van der Waals surface area contributed by atoms with E-state index in [9.17, 15) is 9.59 Å². The highest BCUT2D eigenvalue weighted by Gasteiger charge is 2.14. The topological polar surface area (TPSA) is 78.9 Å². The lowest BCUT2D eigenvalue weighted by atomic mass is 10.2. The van der Waals surface area contributed by atoms with Crippen molar-refractivity contribution >= 4 is 11.9 Å². The number of carbonyl (C=O) groups excluding carboxylic acids is 1. The Bertz CT molecular complexity index is 258. The van der Waals surface area contributed by atoms with E-state index in [0.29, 0.717) is 13.2 Å². The van der Waals surface area contributed by atoms with Crippen molar-refractivity contribution in [3.63, 3.8) is 0 Å². The second-order valence-corrected chi connectivity index (χ2v) is 4.35. The van der Waals surface area contributed by atoms with Crippen LogP contribution in [0.4, 0.5) is 0 Å². The van der Waals surface area contributed by atoms with Crippen LogP contribution in [0.3, 0.4) is 0 Å². The van der Waals surface area contributed by atoms with Crippen LogP contribution in [0.2, 0.25) is 0 Å². The molecular formula is C12H24N2O4. The molecule has 0 radical (unpaired) electrons. The summed E-state index contributed by atoms with van der Waals surface area (Å²) in [4.78, 5) is 23.9. The van der Waals surface area contributed by atoms with Crippen LogP contribution in [-0.4, -0.2) is 61.3 Å². The highest BCUT2D eigenvalue weighted by atomic mass is 16.5. The fourth-order valence-corrected chi connectivity index (χ4v) is 1.65. The number of carboxylic acids is 1. The zero-order valence-electron chi connectivity index (χ0n) is 11.4. The summed E-state index contributed by atoms with van der Waals surface area (Å²) in [5.74, 6) is -1.09. The molecule has 0 aromatic carbocycles. The first-order valence-corrected chi connectivity index (χ1v) is 6.22. The maximum atomic E-state index is 11.7. The number of hydrogen-bond donors (Lipinski definition) is 2. The van der Waals surface area contributed by atoms with Gasteiger partial charge in [-0.25, -0.2) is 0 Å². The maximum absolute atomic E-state index is 11.7. The highest BCUT2D eigenvalue weighted by Crippen LogP contribution is 1.95. The van der Waals surface area contributed by atoms with Crippen molar-refractivity contribution in [3.8, 4) is 0 Å². The minimum atomic E-state index is -0.944. The van der Waals surface area contributed by atoms with E-state index >= 15 is 0 Å². The molecule has 18 heavy (non-hydrogen) atoms. The van der Waals surface area contributed by atoms with E-state index in [1.54, 1.807) is 12.0 Å². The van der Waals surface area contributed by atoms with Crippen molar-refractivity contribution in [1.29, 1.82) is 0 Å². The highest BCUT2D eigenvalue weighted by molar-refractivity contribution is 5.79. The number of aliphatic carboxylic acids is 1. The number of carbonyl (C=O) groups is 2. The van der Waals surface area contributed by atoms with Gasteiger partial charge in [-0.15, -0.1) is 0 Å². The van der Waals surface area contributed by atoms with Gasteiger partial charge in [0.15, 0.2) is 0 Å². The van der Waals surface area contributed by atoms with Crippen molar-refractivity contribution in [2.45, 2.75) is 32.7 Å². The Labute approximate surface area is 108 Å². The largest absolute Gasteiger partial charge is 0.480 e. The zero-order valence-corrected chi connectivity index (χ0v) is 11.4. The molecule has 1 amide bonds. The van der Waals surface area contributed by atoms with Crippen molar-refractivity contribution in [2.24, 2.45) is 0 Å². The minimum absolute atomic E-state index is 0.0870. The normalized spacial score (nSPS) is 12.4. The number of hydrogen-bond acceptors (Lipinski definition) is 4. The van der Waals surface area contributed by atoms with E-state index in [4.69, 9.17) is 9.84 Å². The summed E-state index contributed by atoms with van der Waals surface area (Å²) in [5, 5.41) is 11.6. The van der Waals surface area contributed by atoms with E-state index in [1.807, 2.05) is 6.92 Å². The summed E-state index contributed by atoms with van der Waals surface area (Å²) in [6.45, 7) is 4.77. The first kappa shape index (κ1) is 16.9. The van der Waals surface area contributed by atoms with Crippen molar-refractivity contribution in [1.82, 2.24) is 10.2 Å². The Morgan fingerprint density at radius 2 is 2.06 bits per heavy atom. The zero-order chi connectivity index (χ0) is 14.0. The first-order chi connectivity index (χ1) is 8.49. The van der Waals surface area contributed by atoms with Crippen LogP contribution < -0.4 is 5.32 Å². The molecular weight excluding hydrogens is 236 g/mol. The predicted octanol–water partition coefficient (Wildman–Crippen LogP) is 0.324. The molecule has 0 saturated heterocycles. The lowest BCUT2D eigenvalue weighted by Crippen LogP contribution is -2.43. The smallest absolute Gasteiger partial charge is 0.317 e. The molecule has 0 aliphatic carbocycles. The number of amides is 1. The number of nitrogens with one attached hydrogen (secondary N) is 1. The van der Waals surface area contributed by atoms with Crippen molar-refractivity contribution in [2.75, 3.05) is 33.4 Å². The van der Waals surface area contributed by atoms with E-state index in [-0.39, 0.29) is 25.0 Å². The minimum Gasteiger partial charge on any atom is -0.480 e. The molecule has 0 heterocycles. The van der Waals surface area contributed by atoms with Gasteiger partial charge in [-0.2, -0.15) is 0 Å². The number of methoxy groups -OCH3 is 1. The maximum Gasteiger partial charge on any atom is 0.317 e. The quantitative estimate of drug-likeness (QED) is 0.591. The molecule has 0 rings (SSSR count). The molecule has 0 aromatic rings. The average Bonchev–Trinajstić information content (AvgIpc) is 2.25. The fourth-order valence-electron chi connectivity index (χ4n) is 1.65. The Balaban J connectivity index is 4.12. The fraction of sp³-hybridized carbons (Fsp3) is 0.833. The third-order valence-corrected chi connectivity index (χ3v) is 2.47. The molecule has 0 aliphatic rings. The van der Waals surface area contributed by atoms with Crippen LogP contribution in [0.15, 0.2) is 0 Å². The van der Waals surface area contributed by atoms with Gasteiger partial charge in [0.1, 0.15) is 0 Å². The third-order valence-electron chi connectivity index (χ3n) is 2.47. The number of carboxylic acid groups (broad SMARTS) is 1. The van der Waals surface area contributed by atoms with Gasteiger partial charge in [0.2, 0.25) is 5.91 Å². The van der Waals surface area contributed by atoms with E-state index < -0.39 is 5.97 Å². The Morgan fingerprint density at radius 1 is 1.39 bits per heavy atom. The van der Waals surface area contributed by atoms with Gasteiger partial charge < -0.3 is 15.2 Å². The summed E-state index contributed by atoms with van der Waals surface area (Å²) >= 11 is 0. The monoisotopic (exact) mass is 260 g/mol. The molecule has 0 bridgehead atoms. The van der Waals surface area contributed by atoms with E-state index in [2.05, 4.69) is 12.2 Å². The lowest BCUT2D eigenvalue weighted by Gasteiger charge is -2.20. The molecule has 0 spiro atoms. The molecule has 6 heteroatoms. The molecule has 106 valence electrons. The summed E-state index contributed by atoms with van der Waals surface area (Å²) in [6.07, 6.45) is 1.92. The number of ether oxygens (including phenoxy) is 1. The first-order valence-electron chi connectivity index (χ1n) is 6.22. The molecule has 1 unspecified atom stereocenters. The van der Waals surface area contributed by atoms with Crippen LogP contribution in [0.5, 0.6) is 0 Å². The number of rotatable bonds is 10. The second-order valence-electron chi connectivity index (χ2n) is 4.35. The Morgan fingerprint density at radius 3 is 2.56 bits per heavy atom. The van der Waals surface area contributed by atoms with Crippen LogP contribution in [0.25, 0.3) is 0 Å². The molecule has 6 nitrogen and oxygen atoms in total. The van der Waals surface area contributed by atoms with Gasteiger partial charge in [0.25, 0.3) is 0 Å². The summed E-state index contributed by atoms with van der Waals surface area (Å²) in [5.41, 5.74) is 0. The second kappa shape index (κ2) is 9.85. The summed E-state index contributed by atoms with van der Waals surface area (Å²) in [7, 11) is 1.54. The molecule has 0 saturated carbocycles. The number of nitrogens with zero attached hydrogens (tertiary/aromatic N) is 1. The van der Waals surface area contributed by atoms with Gasteiger partial charge in [-0.1, -0.05) is 13.3 Å². The van der Waals surface area contributed by atoms with Gasteiger partial charge >= 0.3 is 5.97 Å². The van der Waals surface area contributed by atoms with Crippen LogP contribution in [0.1, 0.15) is 26.7 Å². The van der Waals surface area contributed by atoms with Gasteiger partial charge in [0, 0.05) is 19.7 Å². The molecule has 0 fully saturated rings. The Hall–Kier alpha value is -1.14. The van der Waals surface area contributed by atoms with Crippen molar-refractivity contribution < 1.29 is 19.4 Å². The van der Waals surface area contributed by atoms with E-state index in [1.165, 1.54) is 0 Å². The SMILES string of the molecule is CCCC(C)NC(=O)CN(CCOC)CC(=O)O. The Kier molecular flexibility index (Phi) is 9.22. The molecule has 0 aromatic heterocycles. The average molecular weight is 260 g/mol. The molecule has 2 N–H and O–H groups in total. The third kappa shape index (κ3) is 8.95. The van der Waals surface area contributed by atoms with Crippen LogP contribution in [-0.2, 0) is 14.3 Å².